The van der Waals surface area contributed by atoms with Crippen molar-refractivity contribution >= 4 is 5.97 Å². The Hall–Kier alpha value is -5.86. The first-order chi connectivity index (χ1) is 23.5. The van der Waals surface area contributed by atoms with Gasteiger partial charge in [-0.3, -0.25) is 0 Å². The smallest absolute Gasteiger partial charge is 0.347 e. The Balaban J connectivity index is 1.32. The van der Waals surface area contributed by atoms with Crippen molar-refractivity contribution in [3.05, 3.63) is 127 Å². The molecule has 1 unspecified atom stereocenters. The Bertz CT molecular complexity index is 1860. The van der Waals surface area contributed by atoms with Crippen LogP contribution < -0.4 is 4.74 Å². The molecule has 0 aliphatic heterocycles. The van der Waals surface area contributed by atoms with Gasteiger partial charge in [0.2, 0.25) is 0 Å². The molecule has 0 radical (unpaired) electrons. The molecule has 0 spiro atoms. The van der Waals surface area contributed by atoms with Crippen LogP contribution in [0.15, 0.2) is 127 Å². The van der Waals surface area contributed by atoms with Crippen LogP contribution in [0.1, 0.15) is 13.8 Å². The number of phenols is 1. The van der Waals surface area contributed by atoms with E-state index in [1.54, 1.807) is 19.1 Å². The normalized spacial score (nSPS) is 11.5. The van der Waals surface area contributed by atoms with Crippen molar-refractivity contribution < 1.29 is 24.1 Å². The summed E-state index contributed by atoms with van der Waals surface area (Å²) in [6.45, 7) is 4.45. The molecular formula is C40H35N3O5. The van der Waals surface area contributed by atoms with E-state index in [9.17, 15) is 9.90 Å². The maximum absolute atomic E-state index is 12.3. The van der Waals surface area contributed by atoms with E-state index >= 15 is 0 Å². The quantitative estimate of drug-likeness (QED) is 0.106. The minimum Gasteiger partial charge on any atom is -0.507 e. The van der Waals surface area contributed by atoms with Crippen molar-refractivity contribution in [3.63, 3.8) is 0 Å². The molecule has 0 fully saturated rings. The van der Waals surface area contributed by atoms with E-state index in [4.69, 9.17) is 29.2 Å². The average molecular weight is 638 g/mol. The molecule has 8 nitrogen and oxygen atoms in total. The van der Waals surface area contributed by atoms with Gasteiger partial charge in [-0.2, -0.15) is 0 Å². The molecule has 6 aromatic rings. The molecule has 0 bridgehead atoms. The highest BCUT2D eigenvalue weighted by Gasteiger charge is 2.19. The van der Waals surface area contributed by atoms with Gasteiger partial charge in [-0.05, 0) is 48.2 Å². The van der Waals surface area contributed by atoms with Gasteiger partial charge < -0.3 is 19.3 Å². The first kappa shape index (κ1) is 32.1. The highest BCUT2D eigenvalue weighted by molar-refractivity contribution is 5.76. The van der Waals surface area contributed by atoms with Crippen molar-refractivity contribution in [2.24, 2.45) is 0 Å². The number of hydrogen-bond donors (Lipinski definition) is 1. The predicted octanol–water partition coefficient (Wildman–Crippen LogP) is 8.26. The number of carbonyl (C=O) groups excluding carboxylic acids is 1. The fourth-order valence-corrected chi connectivity index (χ4v) is 5.13. The summed E-state index contributed by atoms with van der Waals surface area (Å²) >= 11 is 0. The van der Waals surface area contributed by atoms with Crippen molar-refractivity contribution in [2.75, 3.05) is 19.8 Å². The van der Waals surface area contributed by atoms with Gasteiger partial charge in [0.05, 0.1) is 12.2 Å². The summed E-state index contributed by atoms with van der Waals surface area (Å²) in [5.41, 5.74) is 6.37. The Morgan fingerprint density at radius 3 is 1.60 bits per heavy atom. The van der Waals surface area contributed by atoms with Gasteiger partial charge in [0.25, 0.3) is 0 Å². The summed E-state index contributed by atoms with van der Waals surface area (Å²) in [5, 5.41) is 11.1. The number of aromatic nitrogens is 3. The lowest BCUT2D eigenvalue weighted by Crippen LogP contribution is -2.27. The first-order valence-corrected chi connectivity index (χ1v) is 15.8. The van der Waals surface area contributed by atoms with Crippen LogP contribution in [-0.4, -0.2) is 52.0 Å². The SMILES string of the molecule is CCOCCOC(=O)C(C)Oc1ccc(-c2nc(-c3ccc(-c4ccccc4)cc3)nc(-c3ccc(-c4ccccc4)cc3)n2)c(O)c1. The average Bonchev–Trinajstić information content (AvgIpc) is 3.14. The maximum Gasteiger partial charge on any atom is 0.347 e. The van der Waals surface area contributed by atoms with Crippen LogP contribution in [0.2, 0.25) is 0 Å². The minimum absolute atomic E-state index is 0.105. The lowest BCUT2D eigenvalue weighted by Gasteiger charge is -2.15. The lowest BCUT2D eigenvalue weighted by molar-refractivity contribution is -0.152. The molecule has 6 rings (SSSR count). The van der Waals surface area contributed by atoms with Crippen molar-refractivity contribution in [1.29, 1.82) is 0 Å². The van der Waals surface area contributed by atoms with E-state index in [0.29, 0.717) is 42.0 Å². The van der Waals surface area contributed by atoms with E-state index in [1.807, 2.05) is 91.9 Å². The fourth-order valence-electron chi connectivity index (χ4n) is 5.13. The van der Waals surface area contributed by atoms with Gasteiger partial charge >= 0.3 is 5.97 Å². The van der Waals surface area contributed by atoms with Gasteiger partial charge in [-0.25, -0.2) is 19.7 Å². The molecule has 1 N–H and O–H groups in total. The fraction of sp³-hybridized carbons (Fsp3) is 0.150. The summed E-state index contributed by atoms with van der Waals surface area (Å²) in [6.07, 6.45) is -0.884. The third-order valence-corrected chi connectivity index (χ3v) is 7.67. The number of nitrogens with zero attached hydrogens (tertiary/aromatic N) is 3. The van der Waals surface area contributed by atoms with E-state index in [0.717, 1.165) is 33.4 Å². The minimum atomic E-state index is -0.884. The predicted molar refractivity (Wildman–Crippen MR) is 186 cm³/mol. The highest BCUT2D eigenvalue weighted by Crippen LogP contribution is 2.34. The molecule has 5 aromatic carbocycles. The van der Waals surface area contributed by atoms with Crippen molar-refractivity contribution in [3.8, 4) is 67.9 Å². The van der Waals surface area contributed by atoms with Crippen LogP contribution in [-0.2, 0) is 14.3 Å². The zero-order valence-electron chi connectivity index (χ0n) is 26.7. The molecule has 240 valence electrons. The second-order valence-electron chi connectivity index (χ2n) is 11.0. The molecule has 0 aliphatic carbocycles. The monoisotopic (exact) mass is 637 g/mol. The Labute approximate surface area is 279 Å². The third kappa shape index (κ3) is 7.74. The van der Waals surface area contributed by atoms with E-state index in [-0.39, 0.29) is 12.4 Å². The molecule has 0 amide bonds. The number of benzene rings is 5. The van der Waals surface area contributed by atoms with Gasteiger partial charge in [0, 0.05) is 23.8 Å². The molecule has 0 saturated carbocycles. The Morgan fingerprint density at radius 1 is 0.625 bits per heavy atom. The Morgan fingerprint density at radius 2 is 1.10 bits per heavy atom. The van der Waals surface area contributed by atoms with Gasteiger partial charge in [-0.1, -0.05) is 109 Å². The van der Waals surface area contributed by atoms with Crippen LogP contribution in [0.5, 0.6) is 11.5 Å². The molecule has 0 saturated heterocycles. The van der Waals surface area contributed by atoms with Crippen LogP contribution in [0, 0.1) is 0 Å². The summed E-state index contributed by atoms with van der Waals surface area (Å²) in [7, 11) is 0. The summed E-state index contributed by atoms with van der Waals surface area (Å²) < 4.78 is 16.2. The summed E-state index contributed by atoms with van der Waals surface area (Å²) in [6, 6.07) is 41.1. The second kappa shape index (κ2) is 15.2. The largest absolute Gasteiger partial charge is 0.507 e. The molecule has 1 aromatic heterocycles. The molecule has 0 aliphatic rings. The van der Waals surface area contributed by atoms with Crippen LogP contribution in [0.3, 0.4) is 0 Å². The second-order valence-corrected chi connectivity index (χ2v) is 11.0. The number of carbonyl (C=O) groups is 1. The molecule has 48 heavy (non-hydrogen) atoms. The summed E-state index contributed by atoms with van der Waals surface area (Å²) in [4.78, 5) is 26.8. The first-order valence-electron chi connectivity index (χ1n) is 15.8. The van der Waals surface area contributed by atoms with Crippen molar-refractivity contribution in [2.45, 2.75) is 20.0 Å². The van der Waals surface area contributed by atoms with Crippen LogP contribution in [0.25, 0.3) is 56.4 Å². The number of aromatic hydroxyl groups is 1. The number of ether oxygens (including phenoxy) is 3. The standard InChI is InChI=1S/C40H35N3O5/c1-3-46-24-25-47-40(45)27(2)48-34-22-23-35(36(44)26-34)39-42-37(32-18-14-30(15-19-32)28-10-6-4-7-11-28)41-38(43-39)33-20-16-31(17-21-33)29-12-8-5-9-13-29/h4-23,26-27,44H,3,24-25H2,1-2H3. The lowest BCUT2D eigenvalue weighted by atomic mass is 10.0. The van der Waals surface area contributed by atoms with E-state index < -0.39 is 12.1 Å². The number of esters is 1. The third-order valence-electron chi connectivity index (χ3n) is 7.67. The molecule has 1 atom stereocenters. The van der Waals surface area contributed by atoms with Gasteiger partial charge in [-0.15, -0.1) is 0 Å². The van der Waals surface area contributed by atoms with Gasteiger partial charge in [0.15, 0.2) is 23.6 Å². The molecular weight excluding hydrogens is 602 g/mol. The number of rotatable bonds is 12. The van der Waals surface area contributed by atoms with E-state index in [2.05, 4.69) is 24.3 Å². The van der Waals surface area contributed by atoms with Crippen LogP contribution in [0.4, 0.5) is 0 Å². The zero-order valence-corrected chi connectivity index (χ0v) is 26.7. The topological polar surface area (TPSA) is 104 Å². The zero-order chi connectivity index (χ0) is 33.3. The van der Waals surface area contributed by atoms with Crippen molar-refractivity contribution in [1.82, 2.24) is 15.0 Å². The molecule has 1 heterocycles. The highest BCUT2D eigenvalue weighted by atomic mass is 16.6. The van der Waals surface area contributed by atoms with Crippen LogP contribution >= 0.6 is 0 Å². The van der Waals surface area contributed by atoms with E-state index in [1.165, 1.54) is 6.07 Å². The Kier molecular flexibility index (Phi) is 10.1. The maximum atomic E-state index is 12.3. The van der Waals surface area contributed by atoms with Gasteiger partial charge in [0.1, 0.15) is 18.1 Å². The number of phenolic OH excluding ortho intramolecular Hbond substituents is 1. The molecule has 8 heteroatoms. The number of hydrogen-bond acceptors (Lipinski definition) is 8. The summed E-state index contributed by atoms with van der Waals surface area (Å²) in [5.74, 6) is 0.887.